The van der Waals surface area contributed by atoms with Crippen LogP contribution in [0.5, 0.6) is 0 Å². The van der Waals surface area contributed by atoms with E-state index in [4.69, 9.17) is 9.15 Å². The minimum Gasteiger partial charge on any atom is -0.469 e. The fourth-order valence-corrected chi connectivity index (χ4v) is 6.09. The molecule has 2 amide bonds. The van der Waals surface area contributed by atoms with Gasteiger partial charge < -0.3 is 29.8 Å². The zero-order valence-electron chi connectivity index (χ0n) is 23.2. The Bertz CT molecular complexity index is 1450. The first-order valence-corrected chi connectivity index (χ1v) is 13.9. The Balaban J connectivity index is 1.22. The number of carbonyl (C=O) groups is 3. The number of para-hydroxylation sites is 1. The number of amides is 2. The highest BCUT2D eigenvalue weighted by molar-refractivity contribution is 5.92. The van der Waals surface area contributed by atoms with Gasteiger partial charge in [0.2, 0.25) is 5.91 Å². The highest BCUT2D eigenvalue weighted by Crippen LogP contribution is 2.47. The molecule has 1 saturated carbocycles. The molecule has 3 heterocycles. The lowest BCUT2D eigenvalue weighted by Crippen LogP contribution is -2.51. The summed E-state index contributed by atoms with van der Waals surface area (Å²) in [6.45, 7) is 0.889. The molecule has 2 aliphatic rings. The molecule has 0 unspecified atom stereocenters. The Morgan fingerprint density at radius 1 is 1.21 bits per heavy atom. The minimum atomic E-state index is -0.785. The number of fused-ring (bicyclic) bond motifs is 1. The van der Waals surface area contributed by atoms with Crippen molar-refractivity contribution in [2.75, 3.05) is 19.0 Å². The van der Waals surface area contributed by atoms with Crippen molar-refractivity contribution in [3.63, 3.8) is 0 Å². The molecule has 42 heavy (non-hydrogen) atoms. The summed E-state index contributed by atoms with van der Waals surface area (Å²) in [6, 6.07) is 10.1. The average Bonchev–Trinajstić information content (AvgIpc) is 3.71. The van der Waals surface area contributed by atoms with E-state index in [0.29, 0.717) is 30.8 Å². The molecule has 2 fully saturated rings. The van der Waals surface area contributed by atoms with E-state index in [1.807, 2.05) is 18.2 Å². The van der Waals surface area contributed by atoms with Crippen molar-refractivity contribution < 1.29 is 28.6 Å². The maximum absolute atomic E-state index is 13.0. The minimum absolute atomic E-state index is 0.0844. The number of nitriles is 1. The molecule has 5 atom stereocenters. The number of methoxy groups -OCH3 is 1. The number of aliphatic hydroxyl groups is 1. The van der Waals surface area contributed by atoms with Gasteiger partial charge in [0.15, 0.2) is 12.0 Å². The lowest BCUT2D eigenvalue weighted by Gasteiger charge is -2.48. The van der Waals surface area contributed by atoms with E-state index in [1.165, 1.54) is 18.1 Å². The molecule has 0 spiro atoms. The van der Waals surface area contributed by atoms with Gasteiger partial charge in [-0.1, -0.05) is 23.4 Å². The largest absolute Gasteiger partial charge is 0.469 e. The Labute approximate surface area is 242 Å². The van der Waals surface area contributed by atoms with Crippen LogP contribution < -0.4 is 10.6 Å². The molecule has 13 heteroatoms. The maximum Gasteiger partial charge on any atom is 0.311 e. The van der Waals surface area contributed by atoms with Gasteiger partial charge in [0.05, 0.1) is 50.7 Å². The van der Waals surface area contributed by atoms with Crippen LogP contribution in [-0.4, -0.2) is 62.5 Å². The third kappa shape index (κ3) is 6.28. The molecular weight excluding hydrogens is 542 g/mol. The van der Waals surface area contributed by atoms with Crippen molar-refractivity contribution >= 4 is 23.5 Å². The number of aliphatic hydroxyl groups excluding tert-OH is 1. The average molecular weight is 576 g/mol. The number of piperidine rings is 1. The van der Waals surface area contributed by atoms with Crippen molar-refractivity contribution in [1.82, 2.24) is 25.2 Å². The molecule has 3 aromatic rings. The summed E-state index contributed by atoms with van der Waals surface area (Å²) in [6.07, 6.45) is 6.39. The predicted octanol–water partition coefficient (Wildman–Crippen LogP) is 2.23. The molecule has 1 aliphatic carbocycles. The molecule has 13 nitrogen and oxygen atoms in total. The molecule has 3 N–H and O–H groups in total. The van der Waals surface area contributed by atoms with Gasteiger partial charge in [-0.25, -0.2) is 0 Å². The van der Waals surface area contributed by atoms with Crippen molar-refractivity contribution in [3.8, 4) is 6.19 Å². The fourth-order valence-electron chi connectivity index (χ4n) is 6.09. The molecule has 1 saturated heterocycles. The Morgan fingerprint density at radius 2 is 2.05 bits per heavy atom. The molecule has 2 aromatic heterocycles. The van der Waals surface area contributed by atoms with E-state index >= 15 is 0 Å². The number of hydrogen-bond acceptors (Lipinski definition) is 10. The van der Waals surface area contributed by atoms with E-state index in [9.17, 15) is 24.8 Å². The third-order valence-electron chi connectivity index (χ3n) is 8.14. The van der Waals surface area contributed by atoms with E-state index in [2.05, 4.69) is 27.1 Å². The molecule has 1 aliphatic heterocycles. The van der Waals surface area contributed by atoms with Crippen molar-refractivity contribution in [2.45, 2.75) is 50.9 Å². The first kappa shape index (κ1) is 28.8. The van der Waals surface area contributed by atoms with Gasteiger partial charge in [-0.3, -0.25) is 19.1 Å². The van der Waals surface area contributed by atoms with E-state index in [-0.39, 0.29) is 55.0 Å². The quantitative estimate of drug-likeness (QED) is 0.253. The lowest BCUT2D eigenvalue weighted by atomic mass is 9.65. The van der Waals surface area contributed by atoms with Crippen molar-refractivity contribution in [1.29, 1.82) is 5.26 Å². The van der Waals surface area contributed by atoms with Gasteiger partial charge in [0.25, 0.3) is 5.91 Å². The monoisotopic (exact) mass is 575 g/mol. The number of furan rings is 1. The molecular formula is C29H33N7O6. The Kier molecular flexibility index (Phi) is 8.83. The van der Waals surface area contributed by atoms with Crippen LogP contribution in [0.25, 0.3) is 0 Å². The van der Waals surface area contributed by atoms with Gasteiger partial charge in [-0.15, -0.1) is 5.10 Å². The molecule has 0 bridgehead atoms. The first-order chi connectivity index (χ1) is 20.4. The SMILES string of the molecule is COC(=O)[C@@H]1[C@H]2C[C@@H](c3ccccc3NC(=O)CCn3cc(CNC(=O)c4ccco4)nn3)N(C#N)C[C@@H]2CC[C@@H]1O. The number of esters is 1. The highest BCUT2D eigenvalue weighted by atomic mass is 16.5. The summed E-state index contributed by atoms with van der Waals surface area (Å²) in [5, 5.41) is 34.4. The number of nitrogens with zero attached hydrogens (tertiary/aromatic N) is 5. The zero-order valence-corrected chi connectivity index (χ0v) is 23.2. The number of carbonyl (C=O) groups excluding carboxylic acids is 3. The van der Waals surface area contributed by atoms with Gasteiger partial charge >= 0.3 is 5.97 Å². The zero-order chi connectivity index (χ0) is 29.6. The van der Waals surface area contributed by atoms with Crippen LogP contribution in [0.4, 0.5) is 5.69 Å². The topological polar surface area (TPSA) is 176 Å². The summed E-state index contributed by atoms with van der Waals surface area (Å²) in [7, 11) is 1.33. The van der Waals surface area contributed by atoms with Crippen LogP contribution in [-0.2, 0) is 27.4 Å². The van der Waals surface area contributed by atoms with Crippen LogP contribution in [0.15, 0.2) is 53.3 Å². The third-order valence-corrected chi connectivity index (χ3v) is 8.14. The van der Waals surface area contributed by atoms with Gasteiger partial charge in [-0.05, 0) is 54.9 Å². The first-order valence-electron chi connectivity index (χ1n) is 13.9. The lowest BCUT2D eigenvalue weighted by molar-refractivity contribution is -0.159. The second kappa shape index (κ2) is 12.9. The smallest absolute Gasteiger partial charge is 0.311 e. The van der Waals surface area contributed by atoms with E-state index in [1.54, 1.807) is 29.3 Å². The number of benzene rings is 1. The summed E-state index contributed by atoms with van der Waals surface area (Å²) < 4.78 is 11.6. The molecule has 0 radical (unpaired) electrons. The summed E-state index contributed by atoms with van der Waals surface area (Å²) in [5.41, 5.74) is 1.88. The Morgan fingerprint density at radius 3 is 2.81 bits per heavy atom. The number of hydrogen-bond donors (Lipinski definition) is 3. The second-order valence-electron chi connectivity index (χ2n) is 10.6. The van der Waals surface area contributed by atoms with Crippen LogP contribution in [0.2, 0.25) is 0 Å². The standard InChI is InChI=1S/C29H33N7O6/c1-41-29(40)27-21-13-23(35(17-30)15-18(21)8-9-24(27)37)20-5-2-3-6-22(20)32-26(38)10-11-36-16-19(33-34-36)14-31-28(39)25-7-4-12-42-25/h2-7,12,16,18,21,23-24,27,37H,8-11,13-15H2,1H3,(H,31,39)(H,32,38)/t18-,21-,23-,24-,27+/m0/s1. The normalized spacial score (nSPS) is 23.4. The number of anilines is 1. The number of rotatable bonds is 9. The summed E-state index contributed by atoms with van der Waals surface area (Å²) in [4.78, 5) is 39.3. The van der Waals surface area contributed by atoms with Gasteiger partial charge in [0, 0.05) is 18.7 Å². The molecule has 220 valence electrons. The van der Waals surface area contributed by atoms with Crippen molar-refractivity contribution in [2.24, 2.45) is 17.8 Å². The Hall–Kier alpha value is -4.70. The van der Waals surface area contributed by atoms with E-state index in [0.717, 1.165) is 12.0 Å². The number of nitrogens with one attached hydrogen (secondary N) is 2. The van der Waals surface area contributed by atoms with Gasteiger partial charge in [0.1, 0.15) is 5.69 Å². The number of aromatic nitrogens is 3. The van der Waals surface area contributed by atoms with Crippen LogP contribution in [0.3, 0.4) is 0 Å². The van der Waals surface area contributed by atoms with Crippen molar-refractivity contribution in [3.05, 3.63) is 65.9 Å². The van der Waals surface area contributed by atoms with Crippen LogP contribution >= 0.6 is 0 Å². The van der Waals surface area contributed by atoms with Crippen LogP contribution in [0.1, 0.15) is 53.5 Å². The number of ether oxygens (including phenoxy) is 1. The second-order valence-corrected chi connectivity index (χ2v) is 10.6. The molecule has 1 aromatic carbocycles. The molecule has 5 rings (SSSR count). The van der Waals surface area contributed by atoms with Crippen LogP contribution in [0, 0.1) is 29.2 Å². The number of aryl methyl sites for hydroxylation is 1. The summed E-state index contributed by atoms with van der Waals surface area (Å²) in [5.74, 6) is -1.56. The number of likely N-dealkylation sites (tertiary alicyclic amines) is 1. The predicted molar refractivity (Wildman–Crippen MR) is 147 cm³/mol. The maximum atomic E-state index is 13.0. The fraction of sp³-hybridized carbons (Fsp3) is 0.448. The summed E-state index contributed by atoms with van der Waals surface area (Å²) >= 11 is 0. The van der Waals surface area contributed by atoms with Gasteiger partial charge in [-0.2, -0.15) is 5.26 Å². The van der Waals surface area contributed by atoms with E-state index < -0.39 is 18.0 Å². The highest BCUT2D eigenvalue weighted by Gasteiger charge is 2.48.